The lowest BCUT2D eigenvalue weighted by molar-refractivity contribution is -0.140. The van der Waals surface area contributed by atoms with E-state index in [0.29, 0.717) is 21.4 Å². The minimum Gasteiger partial charge on any atom is -0.497 e. The molecule has 2 amide bonds. The molecule has 4 aromatic rings. The summed E-state index contributed by atoms with van der Waals surface area (Å²) in [6.45, 7) is -0.557. The third-order valence-electron chi connectivity index (χ3n) is 8.49. The van der Waals surface area contributed by atoms with Crippen LogP contribution in [0.5, 0.6) is 5.75 Å². The van der Waals surface area contributed by atoms with Gasteiger partial charge in [0.25, 0.3) is 10.0 Å². The van der Waals surface area contributed by atoms with E-state index in [-0.39, 0.29) is 35.5 Å². The van der Waals surface area contributed by atoms with Gasteiger partial charge < -0.3 is 15.0 Å². The second kappa shape index (κ2) is 16.4. The first-order valence-electron chi connectivity index (χ1n) is 15.9. The second-order valence-electron chi connectivity index (χ2n) is 11.9. The van der Waals surface area contributed by atoms with Crippen molar-refractivity contribution in [2.45, 2.75) is 62.0 Å². The molecule has 4 aromatic carbocycles. The second-order valence-corrected chi connectivity index (χ2v) is 14.6. The lowest BCUT2D eigenvalue weighted by Gasteiger charge is -2.35. The number of carbonyl (C=O) groups is 2. The van der Waals surface area contributed by atoms with Crippen LogP contribution >= 0.6 is 23.2 Å². The number of methoxy groups -OCH3 is 1. The van der Waals surface area contributed by atoms with Crippen LogP contribution in [0.3, 0.4) is 0 Å². The van der Waals surface area contributed by atoms with Crippen molar-refractivity contribution in [1.82, 2.24) is 10.2 Å². The summed E-state index contributed by atoms with van der Waals surface area (Å²) in [5, 5.41) is 4.00. The molecule has 1 aliphatic carbocycles. The van der Waals surface area contributed by atoms with Gasteiger partial charge in [-0.1, -0.05) is 91.0 Å². The van der Waals surface area contributed by atoms with E-state index >= 15 is 0 Å². The molecule has 0 saturated heterocycles. The van der Waals surface area contributed by atoms with Gasteiger partial charge >= 0.3 is 0 Å². The van der Waals surface area contributed by atoms with E-state index in [2.05, 4.69) is 5.32 Å². The average Bonchev–Trinajstić information content (AvgIpc) is 3.09. The molecule has 252 valence electrons. The zero-order valence-electron chi connectivity index (χ0n) is 26.7. The van der Waals surface area contributed by atoms with Crippen molar-refractivity contribution in [2.75, 3.05) is 18.0 Å². The van der Waals surface area contributed by atoms with Gasteiger partial charge in [0.1, 0.15) is 18.3 Å². The molecule has 1 aliphatic rings. The van der Waals surface area contributed by atoms with Crippen molar-refractivity contribution in [3.8, 4) is 5.75 Å². The summed E-state index contributed by atoms with van der Waals surface area (Å²) in [5.74, 6) is -0.361. The molecule has 1 N–H and O–H groups in total. The molecule has 0 spiro atoms. The molecule has 1 atom stereocenters. The highest BCUT2D eigenvalue weighted by Crippen LogP contribution is 2.28. The fraction of sp³-hybridized carbons (Fsp3) is 0.297. The van der Waals surface area contributed by atoms with Gasteiger partial charge in [-0.15, -0.1) is 0 Å². The van der Waals surface area contributed by atoms with E-state index in [4.69, 9.17) is 27.9 Å². The number of nitrogens with one attached hydrogen (secondary N) is 1. The molecule has 48 heavy (non-hydrogen) atoms. The average molecular weight is 709 g/mol. The summed E-state index contributed by atoms with van der Waals surface area (Å²) in [4.78, 5) is 30.3. The van der Waals surface area contributed by atoms with Gasteiger partial charge in [0.05, 0.1) is 17.7 Å². The standard InChI is InChI=1S/C37H39Cl2N3O5S/c1-47-33-18-20-34(21-19-33)48(45,46)42(32-17-9-14-30(39)24-32)26-36(43)41(25-28-12-8-13-29(38)22-28)35(23-27-10-4-2-5-11-27)37(44)40-31-15-6-3-7-16-31/h2,4-5,8-14,17-22,24,31,35H,3,6-7,15-16,23,25-26H2,1H3,(H,40,44)/t35-/m0/s1. The Kier molecular flexibility index (Phi) is 12.0. The van der Waals surface area contributed by atoms with Gasteiger partial charge in [-0.2, -0.15) is 0 Å². The van der Waals surface area contributed by atoms with Crippen LogP contribution in [0.25, 0.3) is 0 Å². The van der Waals surface area contributed by atoms with E-state index in [1.807, 2.05) is 36.4 Å². The Hall–Kier alpha value is -4.05. The van der Waals surface area contributed by atoms with Crippen molar-refractivity contribution in [3.05, 3.63) is 124 Å². The number of anilines is 1. The minimum absolute atomic E-state index is 0.00561. The maximum absolute atomic E-state index is 14.7. The zero-order valence-corrected chi connectivity index (χ0v) is 29.1. The normalized spacial score (nSPS) is 14.1. The third-order valence-corrected chi connectivity index (χ3v) is 10.7. The first kappa shape index (κ1) is 35.3. The number of halogens is 2. The summed E-state index contributed by atoms with van der Waals surface area (Å²) in [6, 6.07) is 27.9. The van der Waals surface area contributed by atoms with Crippen LogP contribution in [0.4, 0.5) is 5.69 Å². The van der Waals surface area contributed by atoms with Crippen LogP contribution in [0.1, 0.15) is 43.2 Å². The lowest BCUT2D eigenvalue weighted by atomic mass is 9.94. The number of carbonyl (C=O) groups excluding carboxylic acids is 2. The van der Waals surface area contributed by atoms with Crippen molar-refractivity contribution >= 4 is 50.7 Å². The molecular formula is C37H39Cl2N3O5S. The molecule has 0 unspecified atom stereocenters. The number of amides is 2. The molecule has 0 heterocycles. The molecule has 1 fully saturated rings. The quantitative estimate of drug-likeness (QED) is 0.158. The van der Waals surface area contributed by atoms with Gasteiger partial charge in [-0.25, -0.2) is 8.42 Å². The minimum atomic E-state index is -4.28. The van der Waals surface area contributed by atoms with Crippen LogP contribution in [-0.2, 0) is 32.6 Å². The molecule has 0 radical (unpaired) electrons. The number of nitrogens with zero attached hydrogens (tertiary/aromatic N) is 2. The predicted octanol–water partition coefficient (Wildman–Crippen LogP) is 7.29. The van der Waals surface area contributed by atoms with Crippen LogP contribution in [0, 0.1) is 0 Å². The van der Waals surface area contributed by atoms with E-state index in [1.165, 1.54) is 30.2 Å². The summed E-state index contributed by atoms with van der Waals surface area (Å²) in [5.41, 5.74) is 1.77. The van der Waals surface area contributed by atoms with E-state index < -0.39 is 28.5 Å². The zero-order chi connectivity index (χ0) is 34.1. The molecule has 5 rings (SSSR count). The van der Waals surface area contributed by atoms with Crippen LogP contribution in [0.2, 0.25) is 10.0 Å². The number of hydrogen-bond donors (Lipinski definition) is 1. The number of rotatable bonds is 13. The van der Waals surface area contributed by atoms with Crippen LogP contribution in [-0.4, -0.2) is 50.9 Å². The van der Waals surface area contributed by atoms with E-state index in [9.17, 15) is 18.0 Å². The fourth-order valence-electron chi connectivity index (χ4n) is 5.97. The summed E-state index contributed by atoms with van der Waals surface area (Å²) in [7, 11) is -2.79. The van der Waals surface area contributed by atoms with Gasteiger partial charge in [0.2, 0.25) is 11.8 Å². The molecule has 0 aromatic heterocycles. The Morgan fingerprint density at radius 2 is 1.48 bits per heavy atom. The highest BCUT2D eigenvalue weighted by atomic mass is 35.5. The molecule has 11 heteroatoms. The summed E-state index contributed by atoms with van der Waals surface area (Å²) < 4.78 is 34.7. The topological polar surface area (TPSA) is 96.0 Å². The Morgan fingerprint density at radius 3 is 2.12 bits per heavy atom. The summed E-state index contributed by atoms with van der Waals surface area (Å²) >= 11 is 12.7. The van der Waals surface area contributed by atoms with Gasteiger partial charge in [0.15, 0.2) is 0 Å². The SMILES string of the molecule is COc1ccc(S(=O)(=O)N(CC(=O)N(Cc2cccc(Cl)c2)[C@@H](Cc2ccccc2)C(=O)NC2CCCCC2)c2cccc(Cl)c2)cc1. The Bertz CT molecular complexity index is 1800. The summed E-state index contributed by atoms with van der Waals surface area (Å²) in [6.07, 6.45) is 5.15. The molecule has 8 nitrogen and oxygen atoms in total. The first-order valence-corrected chi connectivity index (χ1v) is 18.1. The first-order chi connectivity index (χ1) is 23.1. The Balaban J connectivity index is 1.56. The highest BCUT2D eigenvalue weighted by molar-refractivity contribution is 7.92. The number of benzene rings is 4. The predicted molar refractivity (Wildman–Crippen MR) is 190 cm³/mol. The number of hydrogen-bond acceptors (Lipinski definition) is 5. The maximum atomic E-state index is 14.7. The highest BCUT2D eigenvalue weighted by Gasteiger charge is 2.35. The number of ether oxygens (including phenoxy) is 1. The molecule has 0 bridgehead atoms. The van der Waals surface area contributed by atoms with Crippen molar-refractivity contribution < 1.29 is 22.7 Å². The Morgan fingerprint density at radius 1 is 0.833 bits per heavy atom. The largest absolute Gasteiger partial charge is 0.497 e. The van der Waals surface area contributed by atoms with Crippen molar-refractivity contribution in [3.63, 3.8) is 0 Å². The molecule has 0 aliphatic heterocycles. The van der Waals surface area contributed by atoms with Gasteiger partial charge in [-0.3, -0.25) is 13.9 Å². The maximum Gasteiger partial charge on any atom is 0.264 e. The monoisotopic (exact) mass is 707 g/mol. The molecular weight excluding hydrogens is 669 g/mol. The Labute approximate surface area is 292 Å². The molecule has 1 saturated carbocycles. The van der Waals surface area contributed by atoms with Crippen molar-refractivity contribution in [1.29, 1.82) is 0 Å². The van der Waals surface area contributed by atoms with Gasteiger partial charge in [0, 0.05) is 29.1 Å². The van der Waals surface area contributed by atoms with Crippen molar-refractivity contribution in [2.24, 2.45) is 0 Å². The van der Waals surface area contributed by atoms with E-state index in [0.717, 1.165) is 42.0 Å². The third kappa shape index (κ3) is 9.09. The van der Waals surface area contributed by atoms with Crippen LogP contribution in [0.15, 0.2) is 108 Å². The van der Waals surface area contributed by atoms with Gasteiger partial charge in [-0.05, 0) is 78.6 Å². The smallest absolute Gasteiger partial charge is 0.264 e. The van der Waals surface area contributed by atoms with Crippen LogP contribution < -0.4 is 14.4 Å². The van der Waals surface area contributed by atoms with E-state index in [1.54, 1.807) is 48.5 Å². The lowest BCUT2D eigenvalue weighted by Crippen LogP contribution is -2.55. The fourth-order valence-corrected chi connectivity index (χ4v) is 7.77. The number of sulfonamides is 1.